The van der Waals surface area contributed by atoms with Crippen molar-refractivity contribution in [1.29, 1.82) is 0 Å². The molecular formula is C115H78N14. The van der Waals surface area contributed by atoms with Crippen molar-refractivity contribution in [2.45, 2.75) is 0 Å². The Kier molecular flexibility index (Phi) is 19.6. The first-order valence-electron chi connectivity index (χ1n) is 43.2. The van der Waals surface area contributed by atoms with Crippen molar-refractivity contribution in [3.63, 3.8) is 0 Å². The Morgan fingerprint density at radius 2 is 0.233 bits per heavy atom. The molecule has 7 aromatic heterocycles. The van der Waals surface area contributed by atoms with E-state index in [0.29, 0.717) is 0 Å². The van der Waals surface area contributed by atoms with E-state index < -0.39 is 0 Å². The zero-order valence-electron chi connectivity index (χ0n) is 69.8. The summed E-state index contributed by atoms with van der Waals surface area (Å²) in [5.41, 5.74) is 31.2. The minimum atomic E-state index is 0.843. The Labute approximate surface area is 743 Å². The normalized spacial score (nSPS) is 11.4. The zero-order chi connectivity index (χ0) is 85.5. The highest BCUT2D eigenvalue weighted by molar-refractivity contribution is 5.93. The lowest BCUT2D eigenvalue weighted by Gasteiger charge is -2.15. The van der Waals surface area contributed by atoms with Gasteiger partial charge in [0.05, 0.1) is 77.2 Å². The van der Waals surface area contributed by atoms with Crippen LogP contribution in [-0.4, -0.2) is 66.9 Å². The molecule has 0 atom stereocenters. The monoisotopic (exact) mass is 1650 g/mol. The number of fused-ring (bicyclic) bond motifs is 7. The second-order valence-electron chi connectivity index (χ2n) is 31.7. The molecule has 25 rings (SSSR count). The molecule has 608 valence electrons. The number of benzene rings is 18. The van der Waals surface area contributed by atoms with Crippen molar-refractivity contribution in [2.24, 2.45) is 0 Å². The lowest BCUT2D eigenvalue weighted by atomic mass is 10.0. The van der Waals surface area contributed by atoms with Gasteiger partial charge in [0.2, 0.25) is 0 Å². The van der Waals surface area contributed by atoms with E-state index in [4.69, 9.17) is 34.9 Å². The van der Waals surface area contributed by atoms with E-state index in [9.17, 15) is 0 Å². The Morgan fingerprint density at radius 3 is 0.388 bits per heavy atom. The second kappa shape index (κ2) is 33.1. The molecule has 0 spiro atoms. The highest BCUT2D eigenvalue weighted by Crippen LogP contribution is 2.42. The van der Waals surface area contributed by atoms with Crippen LogP contribution in [0.25, 0.3) is 208 Å². The molecule has 0 fully saturated rings. The van der Waals surface area contributed by atoms with Gasteiger partial charge >= 0.3 is 0 Å². The van der Waals surface area contributed by atoms with Gasteiger partial charge < -0.3 is 0 Å². The Balaban J connectivity index is 0.000000112. The van der Waals surface area contributed by atoms with Crippen LogP contribution in [0.3, 0.4) is 0 Å². The summed E-state index contributed by atoms with van der Waals surface area (Å²) >= 11 is 0. The molecule has 0 N–H and O–H groups in total. The first-order chi connectivity index (χ1) is 64.0. The van der Waals surface area contributed by atoms with Crippen LogP contribution in [0.2, 0.25) is 0 Å². The fraction of sp³-hybridized carbons (Fsp3) is 0. The molecule has 129 heavy (non-hydrogen) atoms. The highest BCUT2D eigenvalue weighted by atomic mass is 15.1. The number of hydrogen-bond acceptors (Lipinski definition) is 7. The van der Waals surface area contributed by atoms with Gasteiger partial charge in [-0.15, -0.1) is 0 Å². The minimum Gasteiger partial charge on any atom is -0.292 e. The third-order valence-corrected chi connectivity index (χ3v) is 23.8. The van der Waals surface area contributed by atoms with Crippen LogP contribution in [0.15, 0.2) is 473 Å². The van der Waals surface area contributed by atoms with Gasteiger partial charge in [-0.25, -0.2) is 34.9 Å². The standard InChI is InChI=1S/C45H30N6.C38H26N4.C32H22N4/c1-4-16-34(17-5-1)49-40-25-13-10-22-37(40)46-43(49)31-28-32(44-47-38-23-11-14-26-41(38)50(44)35-18-6-2-7-19-35)30-33(29-31)45-48-39-24-12-15-27-42(39)51(45)36-20-8-3-9-21-36;1-3-11-31(12-4-1)41-35-17-9-7-15-33(35)39-37(41)29-23-19-27(20-24-29)28-21-25-30(26-22-28)38-40-34-16-8-10-18-36(34)42(38)32-13-5-2-6-14-32;1-3-11-25(12-4-1)35-29-17-9-7-15-27(29)33-31(35)23-19-21-24(22-20-23)32-34-28-16-8-10-18-30(28)36(32)26-13-5-2-6-14-26/h1-30H;1-26H;1-22H. The van der Waals surface area contributed by atoms with Gasteiger partial charge in [-0.3, -0.25) is 32.0 Å². The van der Waals surface area contributed by atoms with E-state index in [2.05, 4.69) is 420 Å². The van der Waals surface area contributed by atoms with Gasteiger partial charge in [0, 0.05) is 78.8 Å². The Morgan fingerprint density at radius 1 is 0.109 bits per heavy atom. The smallest absolute Gasteiger partial charge is 0.145 e. The quantitative estimate of drug-likeness (QED) is 0.100. The molecule has 25 aromatic rings. The summed E-state index contributed by atoms with van der Waals surface area (Å²) in [6, 6.07) is 164. The van der Waals surface area contributed by atoms with E-state index in [1.54, 1.807) is 0 Å². The van der Waals surface area contributed by atoms with Crippen LogP contribution < -0.4 is 0 Å². The van der Waals surface area contributed by atoms with Crippen LogP contribution in [-0.2, 0) is 0 Å². The van der Waals surface area contributed by atoms with Crippen molar-refractivity contribution >= 4 is 77.2 Å². The molecule has 0 saturated heterocycles. The van der Waals surface area contributed by atoms with Crippen LogP contribution in [0.4, 0.5) is 0 Å². The van der Waals surface area contributed by atoms with E-state index in [1.165, 1.54) is 0 Å². The minimum absolute atomic E-state index is 0.843. The zero-order valence-corrected chi connectivity index (χ0v) is 69.8. The summed E-state index contributed by atoms with van der Waals surface area (Å²) < 4.78 is 15.7. The molecule has 18 aromatic carbocycles. The number of rotatable bonds is 15. The maximum absolute atomic E-state index is 5.28. The number of imidazole rings is 7. The number of aromatic nitrogens is 14. The lowest BCUT2D eigenvalue weighted by Crippen LogP contribution is -2.02. The molecule has 14 heteroatoms. The third-order valence-electron chi connectivity index (χ3n) is 23.8. The maximum atomic E-state index is 5.28. The average molecular weight is 1660 g/mol. The predicted octanol–water partition coefficient (Wildman–Crippen LogP) is 27.8. The van der Waals surface area contributed by atoms with Gasteiger partial charge in [0.1, 0.15) is 40.8 Å². The van der Waals surface area contributed by atoms with Gasteiger partial charge in [-0.2, -0.15) is 0 Å². The first kappa shape index (κ1) is 76.2. The van der Waals surface area contributed by atoms with Crippen LogP contribution in [0.5, 0.6) is 0 Å². The third kappa shape index (κ3) is 14.2. The van der Waals surface area contributed by atoms with Crippen molar-refractivity contribution in [2.75, 3.05) is 0 Å². The molecule has 0 unspecified atom stereocenters. The topological polar surface area (TPSA) is 125 Å². The van der Waals surface area contributed by atoms with Crippen LogP contribution in [0, 0.1) is 0 Å². The number of para-hydroxylation sites is 21. The molecule has 0 bridgehead atoms. The fourth-order valence-electron chi connectivity index (χ4n) is 17.8. The second-order valence-corrected chi connectivity index (χ2v) is 31.7. The summed E-state index contributed by atoms with van der Waals surface area (Å²) in [7, 11) is 0. The summed E-state index contributed by atoms with van der Waals surface area (Å²) in [4.78, 5) is 35.9. The summed E-state index contributed by atoms with van der Waals surface area (Å²) in [6.07, 6.45) is 0. The number of nitrogens with zero attached hydrogens (tertiary/aromatic N) is 14. The van der Waals surface area contributed by atoms with Crippen molar-refractivity contribution in [3.8, 4) is 131 Å². The lowest BCUT2D eigenvalue weighted by molar-refractivity contribution is 1.09. The van der Waals surface area contributed by atoms with E-state index >= 15 is 0 Å². The Hall–Kier alpha value is -17.8. The van der Waals surface area contributed by atoms with Crippen molar-refractivity contribution < 1.29 is 0 Å². The number of hydrogen-bond donors (Lipinski definition) is 0. The van der Waals surface area contributed by atoms with Gasteiger partial charge in [0.15, 0.2) is 0 Å². The van der Waals surface area contributed by atoms with Crippen LogP contribution >= 0.6 is 0 Å². The summed E-state index contributed by atoms with van der Waals surface area (Å²) in [5, 5.41) is 0. The molecule has 7 heterocycles. The largest absolute Gasteiger partial charge is 0.292 e. The fourth-order valence-corrected chi connectivity index (χ4v) is 17.8. The molecule has 0 saturated carbocycles. The van der Waals surface area contributed by atoms with Gasteiger partial charge in [-0.1, -0.05) is 285 Å². The summed E-state index contributed by atoms with van der Waals surface area (Å²) in [6.45, 7) is 0. The first-order valence-corrected chi connectivity index (χ1v) is 43.2. The summed E-state index contributed by atoms with van der Waals surface area (Å²) in [5.74, 6) is 6.24. The van der Waals surface area contributed by atoms with E-state index in [1.807, 2.05) is 84.9 Å². The van der Waals surface area contributed by atoms with E-state index in [-0.39, 0.29) is 0 Å². The molecule has 0 aliphatic heterocycles. The molecule has 0 aliphatic rings. The predicted molar refractivity (Wildman–Crippen MR) is 525 cm³/mol. The molecular weight excluding hydrogens is 1580 g/mol. The maximum Gasteiger partial charge on any atom is 0.145 e. The average Bonchev–Trinajstić information content (AvgIpc) is 1.68. The molecule has 14 nitrogen and oxygen atoms in total. The van der Waals surface area contributed by atoms with Crippen molar-refractivity contribution in [1.82, 2.24) is 66.9 Å². The molecule has 0 radical (unpaired) electrons. The van der Waals surface area contributed by atoms with Gasteiger partial charge in [0.25, 0.3) is 0 Å². The van der Waals surface area contributed by atoms with E-state index in [0.717, 1.165) is 208 Å². The van der Waals surface area contributed by atoms with Crippen molar-refractivity contribution in [3.05, 3.63) is 473 Å². The molecule has 0 amide bonds. The van der Waals surface area contributed by atoms with Gasteiger partial charge in [-0.05, 0) is 199 Å². The molecule has 0 aliphatic carbocycles. The Bertz CT molecular complexity index is 7740. The SMILES string of the molecule is c1ccc(-n2c(-c3cc(-c4nc5ccccc5n4-c4ccccc4)cc(-c4nc5ccccc5n4-c4ccccc4)c3)nc3ccccc32)cc1.c1ccc(-n2c(-c3ccc(-c4ccc(-c5nc6ccccc6n5-c5ccccc5)cc4)cc3)nc3ccccc32)cc1.c1ccc(-n2c(-c3ccc(-c4nc5ccccc5n4-c4ccccc4)cc3)nc3ccccc32)cc1. The highest BCUT2D eigenvalue weighted by Gasteiger charge is 2.26. The van der Waals surface area contributed by atoms with Crippen LogP contribution in [0.1, 0.15) is 0 Å².